The topological polar surface area (TPSA) is 12.0 Å². The summed E-state index contributed by atoms with van der Waals surface area (Å²) in [5.74, 6) is 2.12. The lowest BCUT2D eigenvalue weighted by Gasteiger charge is -2.33. The van der Waals surface area contributed by atoms with Gasteiger partial charge in [0.1, 0.15) is 0 Å². The van der Waals surface area contributed by atoms with Crippen molar-refractivity contribution in [2.24, 2.45) is 5.92 Å². The molecule has 1 saturated carbocycles. The molecule has 16 heavy (non-hydrogen) atoms. The highest BCUT2D eigenvalue weighted by molar-refractivity contribution is 7.99. The van der Waals surface area contributed by atoms with Gasteiger partial charge in [-0.15, -0.1) is 11.8 Å². The molecular weight excluding hydrogens is 214 g/mol. The van der Waals surface area contributed by atoms with E-state index in [1.165, 1.54) is 35.5 Å². The second-order valence-corrected chi connectivity index (χ2v) is 5.80. The molecular formula is C14H21NS. The minimum Gasteiger partial charge on any atom is -0.316 e. The Kier molecular flexibility index (Phi) is 4.30. The second kappa shape index (κ2) is 5.74. The molecule has 0 bridgehead atoms. The van der Waals surface area contributed by atoms with Gasteiger partial charge in [0.25, 0.3) is 0 Å². The van der Waals surface area contributed by atoms with Crippen LogP contribution in [-0.2, 0) is 0 Å². The van der Waals surface area contributed by atoms with Crippen LogP contribution in [0, 0.1) is 12.8 Å². The predicted octanol–water partition coefficient (Wildman–Crippen LogP) is 3.48. The summed E-state index contributed by atoms with van der Waals surface area (Å²) in [4.78, 5) is 1.39. The van der Waals surface area contributed by atoms with E-state index in [4.69, 9.17) is 0 Å². The standard InChI is InChI=1S/C14H21NS/c1-11-6-8-13(9-7-11)16-10-14(15-2)12-4-3-5-12/h6-9,12,14-15H,3-5,10H2,1-2H3. The quantitative estimate of drug-likeness (QED) is 0.784. The molecule has 1 N–H and O–H groups in total. The predicted molar refractivity (Wildman–Crippen MR) is 72.1 cm³/mol. The SMILES string of the molecule is CNC(CSc1ccc(C)cc1)C1CCC1. The third-order valence-electron chi connectivity index (χ3n) is 3.54. The van der Waals surface area contributed by atoms with Crippen molar-refractivity contribution in [2.45, 2.75) is 37.1 Å². The van der Waals surface area contributed by atoms with Crippen molar-refractivity contribution in [3.05, 3.63) is 29.8 Å². The Morgan fingerprint density at radius 1 is 1.31 bits per heavy atom. The van der Waals surface area contributed by atoms with Crippen LogP contribution in [0.25, 0.3) is 0 Å². The van der Waals surface area contributed by atoms with Crippen LogP contribution in [0.3, 0.4) is 0 Å². The summed E-state index contributed by atoms with van der Waals surface area (Å²) in [6, 6.07) is 9.54. The van der Waals surface area contributed by atoms with E-state index < -0.39 is 0 Å². The zero-order chi connectivity index (χ0) is 11.4. The van der Waals surface area contributed by atoms with Crippen molar-refractivity contribution in [3.63, 3.8) is 0 Å². The number of benzene rings is 1. The highest BCUT2D eigenvalue weighted by Crippen LogP contribution is 2.32. The fraction of sp³-hybridized carbons (Fsp3) is 0.571. The molecule has 1 nitrogen and oxygen atoms in total. The monoisotopic (exact) mass is 235 g/mol. The van der Waals surface area contributed by atoms with Crippen molar-refractivity contribution in [1.29, 1.82) is 0 Å². The Morgan fingerprint density at radius 2 is 2.00 bits per heavy atom. The van der Waals surface area contributed by atoms with Crippen molar-refractivity contribution < 1.29 is 0 Å². The molecule has 2 rings (SSSR count). The van der Waals surface area contributed by atoms with Crippen LogP contribution < -0.4 is 5.32 Å². The van der Waals surface area contributed by atoms with Crippen LogP contribution in [0.2, 0.25) is 0 Å². The molecule has 0 aliphatic heterocycles. The summed E-state index contributed by atoms with van der Waals surface area (Å²) in [6.45, 7) is 2.14. The van der Waals surface area contributed by atoms with Gasteiger partial charge in [-0.25, -0.2) is 0 Å². The fourth-order valence-corrected chi connectivity index (χ4v) is 3.26. The average molecular weight is 235 g/mol. The van der Waals surface area contributed by atoms with Gasteiger partial charge in [-0.05, 0) is 44.9 Å². The summed E-state index contributed by atoms with van der Waals surface area (Å²) >= 11 is 1.98. The molecule has 1 aromatic rings. The lowest BCUT2D eigenvalue weighted by Crippen LogP contribution is -2.39. The number of rotatable bonds is 5. The van der Waals surface area contributed by atoms with E-state index in [0.717, 1.165) is 5.92 Å². The summed E-state index contributed by atoms with van der Waals surface area (Å²) in [7, 11) is 2.10. The Morgan fingerprint density at radius 3 is 2.50 bits per heavy atom. The summed E-state index contributed by atoms with van der Waals surface area (Å²) in [5, 5.41) is 3.46. The highest BCUT2D eigenvalue weighted by atomic mass is 32.2. The van der Waals surface area contributed by atoms with Gasteiger partial charge < -0.3 is 5.32 Å². The highest BCUT2D eigenvalue weighted by Gasteiger charge is 2.25. The summed E-state index contributed by atoms with van der Waals surface area (Å²) in [5.41, 5.74) is 1.34. The second-order valence-electron chi connectivity index (χ2n) is 4.71. The molecule has 1 aromatic carbocycles. The molecule has 0 radical (unpaired) electrons. The summed E-state index contributed by atoms with van der Waals surface area (Å²) < 4.78 is 0. The van der Waals surface area contributed by atoms with E-state index >= 15 is 0 Å². The Bertz CT molecular complexity index is 316. The van der Waals surface area contributed by atoms with E-state index in [1.807, 2.05) is 11.8 Å². The van der Waals surface area contributed by atoms with E-state index in [1.54, 1.807) is 0 Å². The van der Waals surface area contributed by atoms with Crippen LogP contribution >= 0.6 is 11.8 Å². The number of hydrogen-bond donors (Lipinski definition) is 1. The first-order chi connectivity index (χ1) is 7.79. The van der Waals surface area contributed by atoms with Gasteiger partial charge in [0, 0.05) is 16.7 Å². The molecule has 88 valence electrons. The van der Waals surface area contributed by atoms with Crippen LogP contribution in [-0.4, -0.2) is 18.8 Å². The molecule has 0 amide bonds. The molecule has 0 saturated heterocycles. The first-order valence-electron chi connectivity index (χ1n) is 6.16. The maximum atomic E-state index is 3.46. The van der Waals surface area contributed by atoms with Gasteiger partial charge in [-0.2, -0.15) is 0 Å². The van der Waals surface area contributed by atoms with Crippen molar-refractivity contribution >= 4 is 11.8 Å². The maximum Gasteiger partial charge on any atom is 0.0186 e. The molecule has 1 fully saturated rings. The Balaban J connectivity index is 1.83. The minimum atomic E-state index is 0.694. The number of thioether (sulfide) groups is 1. The summed E-state index contributed by atoms with van der Waals surface area (Å²) in [6.07, 6.45) is 4.26. The zero-order valence-electron chi connectivity index (χ0n) is 10.2. The first-order valence-corrected chi connectivity index (χ1v) is 7.15. The molecule has 1 atom stereocenters. The molecule has 0 aromatic heterocycles. The average Bonchev–Trinajstić information content (AvgIpc) is 2.23. The molecule has 0 spiro atoms. The van der Waals surface area contributed by atoms with E-state index in [-0.39, 0.29) is 0 Å². The van der Waals surface area contributed by atoms with E-state index in [2.05, 4.69) is 43.6 Å². The van der Waals surface area contributed by atoms with Crippen molar-refractivity contribution in [1.82, 2.24) is 5.32 Å². The van der Waals surface area contributed by atoms with E-state index in [0.29, 0.717) is 6.04 Å². The Hall–Kier alpha value is -0.470. The van der Waals surface area contributed by atoms with Gasteiger partial charge in [-0.3, -0.25) is 0 Å². The van der Waals surface area contributed by atoms with E-state index in [9.17, 15) is 0 Å². The lowest BCUT2D eigenvalue weighted by molar-refractivity contribution is 0.252. The van der Waals surface area contributed by atoms with Crippen molar-refractivity contribution in [2.75, 3.05) is 12.8 Å². The lowest BCUT2D eigenvalue weighted by atomic mass is 9.80. The van der Waals surface area contributed by atoms with Gasteiger partial charge in [0.05, 0.1) is 0 Å². The van der Waals surface area contributed by atoms with Crippen molar-refractivity contribution in [3.8, 4) is 0 Å². The zero-order valence-corrected chi connectivity index (χ0v) is 11.0. The van der Waals surface area contributed by atoms with Gasteiger partial charge in [-0.1, -0.05) is 24.1 Å². The number of hydrogen-bond acceptors (Lipinski definition) is 2. The molecule has 1 aliphatic rings. The van der Waals surface area contributed by atoms with Crippen LogP contribution in [0.4, 0.5) is 0 Å². The normalized spacial score (nSPS) is 18.1. The molecule has 1 unspecified atom stereocenters. The third-order valence-corrected chi connectivity index (χ3v) is 4.67. The maximum absolute atomic E-state index is 3.46. The fourth-order valence-electron chi connectivity index (χ4n) is 2.12. The van der Waals surface area contributed by atoms with Gasteiger partial charge >= 0.3 is 0 Å². The smallest absolute Gasteiger partial charge is 0.0186 e. The van der Waals surface area contributed by atoms with Gasteiger partial charge in [0.15, 0.2) is 0 Å². The molecule has 2 heteroatoms. The Labute approximate surface area is 103 Å². The number of nitrogens with one attached hydrogen (secondary N) is 1. The van der Waals surface area contributed by atoms with Crippen LogP contribution in [0.1, 0.15) is 24.8 Å². The van der Waals surface area contributed by atoms with Crippen LogP contribution in [0.5, 0.6) is 0 Å². The largest absolute Gasteiger partial charge is 0.316 e. The minimum absolute atomic E-state index is 0.694. The van der Waals surface area contributed by atoms with Gasteiger partial charge in [0.2, 0.25) is 0 Å². The van der Waals surface area contributed by atoms with Crippen LogP contribution in [0.15, 0.2) is 29.2 Å². The molecule has 0 heterocycles. The third kappa shape index (κ3) is 3.02. The first kappa shape index (κ1) is 12.0. The molecule has 1 aliphatic carbocycles. The number of aryl methyl sites for hydroxylation is 1.